The molecule has 7 nitrogen and oxygen atoms in total. The first-order valence-corrected chi connectivity index (χ1v) is 12.2. The van der Waals surface area contributed by atoms with E-state index in [0.717, 1.165) is 38.9 Å². The number of carbonyl (C=O) groups excluding carboxylic acids is 1. The van der Waals surface area contributed by atoms with Crippen LogP contribution in [-0.2, 0) is 16.0 Å². The minimum absolute atomic E-state index is 0.00327. The van der Waals surface area contributed by atoms with Crippen molar-refractivity contribution in [3.05, 3.63) is 53.4 Å². The van der Waals surface area contributed by atoms with Gasteiger partial charge in [-0.25, -0.2) is 4.85 Å². The Bertz CT molecular complexity index is 1170. The van der Waals surface area contributed by atoms with E-state index in [2.05, 4.69) is 22.0 Å². The van der Waals surface area contributed by atoms with E-state index in [1.54, 1.807) is 13.0 Å². The number of benzene rings is 2. The quantitative estimate of drug-likeness (QED) is 0.178. The Morgan fingerprint density at radius 3 is 2.62 bits per heavy atom. The third-order valence-electron chi connectivity index (χ3n) is 4.90. The fourth-order valence-electron chi connectivity index (χ4n) is 3.34. The molecular formula is C26H29N3O4S. The van der Waals surface area contributed by atoms with Crippen LogP contribution in [0.25, 0.3) is 26.0 Å². The monoisotopic (exact) mass is 479 g/mol. The molecule has 0 bridgehead atoms. The van der Waals surface area contributed by atoms with Gasteiger partial charge < -0.3 is 14.2 Å². The minimum atomic E-state index is -0.201. The largest absolute Gasteiger partial charge is 0.502 e. The van der Waals surface area contributed by atoms with Crippen molar-refractivity contribution < 1.29 is 19.0 Å². The summed E-state index contributed by atoms with van der Waals surface area (Å²) in [6.07, 6.45) is 1.76. The average Bonchev–Trinajstić information content (AvgIpc) is 3.32. The van der Waals surface area contributed by atoms with Gasteiger partial charge in [-0.3, -0.25) is 4.79 Å². The van der Waals surface area contributed by atoms with Gasteiger partial charge in [0.15, 0.2) is 0 Å². The van der Waals surface area contributed by atoms with Crippen LogP contribution < -0.4 is 9.47 Å². The van der Waals surface area contributed by atoms with Crippen molar-refractivity contribution in [3.63, 3.8) is 0 Å². The van der Waals surface area contributed by atoms with Crippen LogP contribution in [0.3, 0.4) is 0 Å². The molecule has 0 saturated heterocycles. The molecular weight excluding hydrogens is 450 g/mol. The normalized spacial score (nSPS) is 10.7. The number of hydrogen-bond donors (Lipinski definition) is 0. The topological polar surface area (TPSA) is 74.9 Å². The average molecular weight is 480 g/mol. The molecule has 0 unspecified atom stereocenters. The van der Waals surface area contributed by atoms with Gasteiger partial charge >= 0.3 is 5.97 Å². The molecule has 0 N–H and O–H groups in total. The molecule has 1 heterocycles. The molecule has 0 aliphatic heterocycles. The molecule has 8 heteroatoms. The Balaban J connectivity index is 1.73. The van der Waals surface area contributed by atoms with Gasteiger partial charge in [-0.05, 0) is 69.5 Å². The molecule has 1 aromatic heterocycles. The number of aromatic nitrogens is 2. The van der Waals surface area contributed by atoms with E-state index in [1.165, 1.54) is 11.3 Å². The predicted molar refractivity (Wildman–Crippen MR) is 134 cm³/mol. The van der Waals surface area contributed by atoms with Gasteiger partial charge in [0.25, 0.3) is 0 Å². The number of esters is 1. The fourth-order valence-corrected chi connectivity index (χ4v) is 4.24. The smallest absolute Gasteiger partial charge is 0.305 e. The Morgan fingerprint density at radius 2 is 1.91 bits per heavy atom. The van der Waals surface area contributed by atoms with Crippen LogP contribution in [-0.4, -0.2) is 35.5 Å². The second kappa shape index (κ2) is 12.1. The zero-order chi connectivity index (χ0) is 24.5. The maximum Gasteiger partial charge on any atom is 0.305 e. The lowest BCUT2D eigenvalue weighted by Gasteiger charge is -2.11. The van der Waals surface area contributed by atoms with Crippen molar-refractivity contribution in [2.75, 3.05) is 13.2 Å². The summed E-state index contributed by atoms with van der Waals surface area (Å²) in [5.41, 5.74) is 3.41. The van der Waals surface area contributed by atoms with Crippen LogP contribution in [0.15, 0.2) is 36.4 Å². The Labute approximate surface area is 204 Å². The fraction of sp³-hybridized carbons (Fsp3) is 0.385. The van der Waals surface area contributed by atoms with E-state index in [4.69, 9.17) is 20.8 Å². The first kappa shape index (κ1) is 25.2. The van der Waals surface area contributed by atoms with Crippen LogP contribution in [0.1, 0.15) is 46.1 Å². The molecule has 0 aliphatic carbocycles. The van der Waals surface area contributed by atoms with Crippen molar-refractivity contribution in [2.45, 2.75) is 53.1 Å². The Morgan fingerprint density at radius 1 is 1.12 bits per heavy atom. The highest BCUT2D eigenvalue weighted by molar-refractivity contribution is 7.17. The zero-order valence-corrected chi connectivity index (χ0v) is 20.8. The van der Waals surface area contributed by atoms with Crippen LogP contribution in [0, 0.1) is 6.57 Å². The maximum absolute atomic E-state index is 11.4. The summed E-state index contributed by atoms with van der Waals surface area (Å²) in [6, 6.07) is 11.4. The van der Waals surface area contributed by atoms with Crippen molar-refractivity contribution in [1.82, 2.24) is 10.2 Å². The molecule has 0 radical (unpaired) electrons. The summed E-state index contributed by atoms with van der Waals surface area (Å²) in [7, 11) is 0. The van der Waals surface area contributed by atoms with Crippen molar-refractivity contribution >= 4 is 23.0 Å². The molecule has 0 atom stereocenters. The minimum Gasteiger partial charge on any atom is -0.502 e. The summed E-state index contributed by atoms with van der Waals surface area (Å²) in [6.45, 7) is 16.1. The van der Waals surface area contributed by atoms with E-state index in [9.17, 15) is 4.79 Å². The molecule has 3 rings (SSSR count). The van der Waals surface area contributed by atoms with E-state index in [0.29, 0.717) is 37.5 Å². The Hall–Kier alpha value is -3.44. The summed E-state index contributed by atoms with van der Waals surface area (Å²) in [4.78, 5) is 15.0. The predicted octanol–water partition coefficient (Wildman–Crippen LogP) is 6.49. The molecule has 3 aromatic rings. The van der Waals surface area contributed by atoms with E-state index < -0.39 is 0 Å². The van der Waals surface area contributed by atoms with Crippen LogP contribution >= 0.6 is 11.3 Å². The number of rotatable bonds is 11. The molecule has 178 valence electrons. The van der Waals surface area contributed by atoms with Crippen LogP contribution in [0.5, 0.6) is 11.5 Å². The summed E-state index contributed by atoms with van der Waals surface area (Å²) in [5, 5.41) is 10.3. The van der Waals surface area contributed by atoms with Gasteiger partial charge in [0.2, 0.25) is 5.69 Å². The summed E-state index contributed by atoms with van der Waals surface area (Å²) in [5.74, 6) is 1.13. The highest BCUT2D eigenvalue weighted by atomic mass is 32.1. The van der Waals surface area contributed by atoms with Gasteiger partial charge in [0.1, 0.15) is 21.5 Å². The summed E-state index contributed by atoms with van der Waals surface area (Å²) < 4.78 is 16.5. The van der Waals surface area contributed by atoms with Gasteiger partial charge in [-0.15, -0.1) is 10.2 Å². The van der Waals surface area contributed by atoms with Gasteiger partial charge in [0.05, 0.1) is 25.9 Å². The van der Waals surface area contributed by atoms with E-state index in [1.807, 2.05) is 44.2 Å². The van der Waals surface area contributed by atoms with Gasteiger partial charge in [0, 0.05) is 17.5 Å². The Kier molecular flexibility index (Phi) is 9.00. The number of aryl methyl sites for hydroxylation is 1. The van der Waals surface area contributed by atoms with Crippen LogP contribution in [0.2, 0.25) is 0 Å². The zero-order valence-electron chi connectivity index (χ0n) is 20.0. The van der Waals surface area contributed by atoms with Crippen molar-refractivity contribution in [3.8, 4) is 32.6 Å². The lowest BCUT2D eigenvalue weighted by Crippen LogP contribution is -2.06. The van der Waals surface area contributed by atoms with Crippen molar-refractivity contribution in [1.29, 1.82) is 0 Å². The molecule has 2 aromatic carbocycles. The number of ether oxygens (including phenoxy) is 3. The molecule has 0 aliphatic rings. The lowest BCUT2D eigenvalue weighted by atomic mass is 10.1. The SMILES string of the molecule is [C-]#[N+]c1cc(-c2nnc(-c3ccc(OCCCC(=O)OCC)cc3CC)s2)ccc1OC(C)C. The van der Waals surface area contributed by atoms with E-state index >= 15 is 0 Å². The molecule has 0 spiro atoms. The third-order valence-corrected chi connectivity index (χ3v) is 5.91. The standard InChI is InChI=1S/C26H29N3O4S/c1-6-18-15-20(32-14-8-9-24(30)31-7-2)11-12-21(18)26-29-28-25(34-26)19-10-13-23(33-17(3)4)22(16-19)27-5/h10-13,15-17H,6-9,14H2,1-4H3. The number of nitrogens with zero attached hydrogens (tertiary/aromatic N) is 3. The second-order valence-corrected chi connectivity index (χ2v) is 8.78. The van der Waals surface area contributed by atoms with Gasteiger partial charge in [-0.2, -0.15) is 0 Å². The first-order valence-electron chi connectivity index (χ1n) is 11.4. The molecule has 0 fully saturated rings. The number of carbonyl (C=O) groups is 1. The highest BCUT2D eigenvalue weighted by Crippen LogP contribution is 2.37. The van der Waals surface area contributed by atoms with Crippen LogP contribution in [0.4, 0.5) is 5.69 Å². The van der Waals surface area contributed by atoms with E-state index in [-0.39, 0.29) is 12.1 Å². The lowest BCUT2D eigenvalue weighted by molar-refractivity contribution is -0.143. The molecule has 0 saturated carbocycles. The summed E-state index contributed by atoms with van der Waals surface area (Å²) >= 11 is 1.48. The second-order valence-electron chi connectivity index (χ2n) is 7.80. The molecule has 34 heavy (non-hydrogen) atoms. The van der Waals surface area contributed by atoms with Gasteiger partial charge in [-0.1, -0.05) is 24.3 Å². The van der Waals surface area contributed by atoms with Crippen molar-refractivity contribution in [2.24, 2.45) is 0 Å². The first-order chi connectivity index (χ1) is 16.4. The maximum atomic E-state index is 11.4. The highest BCUT2D eigenvalue weighted by Gasteiger charge is 2.15. The number of hydrogen-bond acceptors (Lipinski definition) is 7. The third kappa shape index (κ3) is 6.55. The molecule has 0 amide bonds.